The second kappa shape index (κ2) is 8.71. The highest BCUT2D eigenvalue weighted by atomic mass is 19.4. The first kappa shape index (κ1) is 19.8. The Morgan fingerprint density at radius 1 is 1.08 bits per heavy atom. The van der Waals surface area contributed by atoms with Gasteiger partial charge in [-0.05, 0) is 42.3 Å². The van der Waals surface area contributed by atoms with Crippen LogP contribution in [0, 0.1) is 0 Å². The molecule has 1 N–H and O–H groups in total. The van der Waals surface area contributed by atoms with Gasteiger partial charge in [0.1, 0.15) is 12.4 Å². The number of ether oxygens (including phenoxy) is 2. The maximum absolute atomic E-state index is 13.0. The van der Waals surface area contributed by atoms with E-state index >= 15 is 0 Å². The third-order valence-electron chi connectivity index (χ3n) is 3.72. The van der Waals surface area contributed by atoms with Gasteiger partial charge in [0, 0.05) is 12.7 Å². The molecule has 0 heterocycles. The van der Waals surface area contributed by atoms with Crippen LogP contribution < -0.4 is 10.1 Å². The van der Waals surface area contributed by atoms with Crippen molar-refractivity contribution in [2.24, 2.45) is 0 Å². The SMILES string of the molecule is CCc1ccc(C(=O)Nc2cc(C(F)(F)F)ccc2OCCOC)cc1. The van der Waals surface area contributed by atoms with E-state index in [1.54, 1.807) is 24.3 Å². The minimum atomic E-state index is -4.52. The Morgan fingerprint density at radius 2 is 1.77 bits per heavy atom. The Kier molecular flexibility index (Phi) is 6.63. The van der Waals surface area contributed by atoms with Crippen LogP contribution in [0.4, 0.5) is 18.9 Å². The van der Waals surface area contributed by atoms with Gasteiger partial charge in [0.15, 0.2) is 0 Å². The van der Waals surface area contributed by atoms with Crippen LogP contribution in [0.2, 0.25) is 0 Å². The van der Waals surface area contributed by atoms with Gasteiger partial charge in [-0.25, -0.2) is 0 Å². The first-order valence-electron chi connectivity index (χ1n) is 8.08. The highest BCUT2D eigenvalue weighted by molar-refractivity contribution is 6.05. The molecule has 0 saturated heterocycles. The predicted molar refractivity (Wildman–Crippen MR) is 92.6 cm³/mol. The molecule has 2 rings (SSSR count). The van der Waals surface area contributed by atoms with Crippen molar-refractivity contribution < 1.29 is 27.4 Å². The number of hydrogen-bond acceptors (Lipinski definition) is 3. The molecule has 0 unspecified atom stereocenters. The van der Waals surface area contributed by atoms with Gasteiger partial charge >= 0.3 is 6.18 Å². The molecule has 1 amide bonds. The van der Waals surface area contributed by atoms with E-state index in [1.165, 1.54) is 13.2 Å². The molecule has 0 aliphatic heterocycles. The zero-order valence-electron chi connectivity index (χ0n) is 14.5. The van der Waals surface area contributed by atoms with E-state index in [0.29, 0.717) is 5.56 Å². The van der Waals surface area contributed by atoms with E-state index < -0.39 is 17.6 Å². The fourth-order valence-corrected chi connectivity index (χ4v) is 2.25. The summed E-state index contributed by atoms with van der Waals surface area (Å²) in [6.07, 6.45) is -3.69. The number of methoxy groups -OCH3 is 1. The molecule has 0 aliphatic carbocycles. The summed E-state index contributed by atoms with van der Waals surface area (Å²) in [5.74, 6) is -0.364. The topological polar surface area (TPSA) is 47.6 Å². The van der Waals surface area contributed by atoms with E-state index in [0.717, 1.165) is 24.1 Å². The Labute approximate surface area is 149 Å². The number of halogens is 3. The first-order valence-corrected chi connectivity index (χ1v) is 8.08. The highest BCUT2D eigenvalue weighted by Gasteiger charge is 2.31. The lowest BCUT2D eigenvalue weighted by molar-refractivity contribution is -0.137. The van der Waals surface area contributed by atoms with Gasteiger partial charge in [-0.2, -0.15) is 13.2 Å². The van der Waals surface area contributed by atoms with E-state index in [2.05, 4.69) is 5.32 Å². The molecule has 26 heavy (non-hydrogen) atoms. The predicted octanol–water partition coefficient (Wildman–Crippen LogP) is 4.55. The van der Waals surface area contributed by atoms with Gasteiger partial charge in [0.25, 0.3) is 5.91 Å². The van der Waals surface area contributed by atoms with Crippen molar-refractivity contribution in [3.05, 3.63) is 59.2 Å². The number of hydrogen-bond donors (Lipinski definition) is 1. The number of benzene rings is 2. The summed E-state index contributed by atoms with van der Waals surface area (Å²) in [5.41, 5.74) is 0.500. The maximum Gasteiger partial charge on any atom is 0.416 e. The van der Waals surface area contributed by atoms with Crippen LogP contribution in [0.25, 0.3) is 0 Å². The molecule has 0 bridgehead atoms. The maximum atomic E-state index is 13.0. The van der Waals surface area contributed by atoms with Crippen molar-refractivity contribution in [3.63, 3.8) is 0 Å². The van der Waals surface area contributed by atoms with Crippen molar-refractivity contribution >= 4 is 11.6 Å². The summed E-state index contributed by atoms with van der Waals surface area (Å²) in [7, 11) is 1.48. The molecular formula is C19H20F3NO3. The normalized spacial score (nSPS) is 11.3. The zero-order chi connectivity index (χ0) is 19.2. The summed E-state index contributed by atoms with van der Waals surface area (Å²) in [5, 5.41) is 2.50. The summed E-state index contributed by atoms with van der Waals surface area (Å²) >= 11 is 0. The number of carbonyl (C=O) groups excluding carboxylic acids is 1. The van der Waals surface area contributed by atoms with E-state index in [1.807, 2.05) is 6.92 Å². The van der Waals surface area contributed by atoms with Crippen LogP contribution in [0.5, 0.6) is 5.75 Å². The number of anilines is 1. The minimum Gasteiger partial charge on any atom is -0.489 e. The molecule has 0 saturated carbocycles. The van der Waals surface area contributed by atoms with Gasteiger partial charge in [0.2, 0.25) is 0 Å². The van der Waals surface area contributed by atoms with Crippen molar-refractivity contribution in [3.8, 4) is 5.75 Å². The van der Waals surface area contributed by atoms with E-state index in [-0.39, 0.29) is 24.7 Å². The smallest absolute Gasteiger partial charge is 0.416 e. The molecule has 0 aromatic heterocycles. The standard InChI is InChI=1S/C19H20F3NO3/c1-3-13-4-6-14(7-5-13)18(24)23-16-12-15(19(20,21)22)8-9-17(16)26-11-10-25-2/h4-9,12H,3,10-11H2,1-2H3,(H,23,24). The minimum absolute atomic E-state index is 0.0412. The molecule has 0 atom stereocenters. The van der Waals surface area contributed by atoms with Crippen molar-refractivity contribution in [2.75, 3.05) is 25.6 Å². The van der Waals surface area contributed by atoms with Crippen LogP contribution in [-0.2, 0) is 17.3 Å². The van der Waals surface area contributed by atoms with Gasteiger partial charge in [0.05, 0.1) is 17.9 Å². The average molecular weight is 367 g/mol. The van der Waals surface area contributed by atoms with Gasteiger partial charge in [-0.15, -0.1) is 0 Å². The molecular weight excluding hydrogens is 347 g/mol. The second-order valence-electron chi connectivity index (χ2n) is 5.55. The number of nitrogens with one attached hydrogen (secondary N) is 1. The molecule has 0 spiro atoms. The number of alkyl halides is 3. The molecule has 140 valence electrons. The fraction of sp³-hybridized carbons (Fsp3) is 0.316. The summed E-state index contributed by atoms with van der Waals surface area (Å²) in [6, 6.07) is 9.83. The van der Waals surface area contributed by atoms with Crippen molar-refractivity contribution in [1.29, 1.82) is 0 Å². The lowest BCUT2D eigenvalue weighted by Crippen LogP contribution is -2.15. The van der Waals surface area contributed by atoms with Crippen LogP contribution in [0.15, 0.2) is 42.5 Å². The summed E-state index contributed by atoms with van der Waals surface area (Å²) < 4.78 is 49.2. The van der Waals surface area contributed by atoms with Crippen molar-refractivity contribution in [2.45, 2.75) is 19.5 Å². The van der Waals surface area contributed by atoms with E-state index in [4.69, 9.17) is 9.47 Å². The Bertz CT molecular complexity index is 743. The fourth-order valence-electron chi connectivity index (χ4n) is 2.25. The molecule has 2 aromatic rings. The van der Waals surface area contributed by atoms with Crippen LogP contribution >= 0.6 is 0 Å². The van der Waals surface area contributed by atoms with E-state index in [9.17, 15) is 18.0 Å². The summed E-state index contributed by atoms with van der Waals surface area (Å²) in [6.45, 7) is 2.41. The highest BCUT2D eigenvalue weighted by Crippen LogP contribution is 2.35. The number of rotatable bonds is 7. The third-order valence-corrected chi connectivity index (χ3v) is 3.72. The summed E-state index contributed by atoms with van der Waals surface area (Å²) in [4.78, 5) is 12.4. The molecule has 7 heteroatoms. The number of aryl methyl sites for hydroxylation is 1. The van der Waals surface area contributed by atoms with Gasteiger partial charge < -0.3 is 14.8 Å². The lowest BCUT2D eigenvalue weighted by atomic mass is 10.1. The second-order valence-corrected chi connectivity index (χ2v) is 5.55. The molecule has 4 nitrogen and oxygen atoms in total. The molecule has 2 aromatic carbocycles. The van der Waals surface area contributed by atoms with Gasteiger partial charge in [-0.3, -0.25) is 4.79 Å². The first-order chi connectivity index (χ1) is 12.3. The number of amides is 1. The Morgan fingerprint density at radius 3 is 2.35 bits per heavy atom. The Hall–Kier alpha value is -2.54. The third kappa shape index (κ3) is 5.23. The largest absolute Gasteiger partial charge is 0.489 e. The number of carbonyl (C=O) groups is 1. The average Bonchev–Trinajstić information content (AvgIpc) is 2.62. The lowest BCUT2D eigenvalue weighted by Gasteiger charge is -2.15. The molecule has 0 radical (unpaired) electrons. The van der Waals surface area contributed by atoms with Crippen LogP contribution in [0.3, 0.4) is 0 Å². The quantitative estimate of drug-likeness (QED) is 0.731. The van der Waals surface area contributed by atoms with Crippen molar-refractivity contribution in [1.82, 2.24) is 0 Å². The molecule has 0 aliphatic rings. The molecule has 0 fully saturated rings. The zero-order valence-corrected chi connectivity index (χ0v) is 14.5. The monoisotopic (exact) mass is 367 g/mol. The van der Waals surface area contributed by atoms with Gasteiger partial charge in [-0.1, -0.05) is 19.1 Å². The van der Waals surface area contributed by atoms with Crippen LogP contribution in [0.1, 0.15) is 28.4 Å². The van der Waals surface area contributed by atoms with Crippen LogP contribution in [-0.4, -0.2) is 26.2 Å². The Balaban J connectivity index is 2.26.